The van der Waals surface area contributed by atoms with E-state index in [2.05, 4.69) is 0 Å². The molecule has 1 saturated heterocycles. The van der Waals surface area contributed by atoms with Crippen molar-refractivity contribution in [2.45, 2.75) is 6.10 Å². The van der Waals surface area contributed by atoms with Gasteiger partial charge in [-0.15, -0.1) is 0 Å². The quantitative estimate of drug-likeness (QED) is 0.904. The summed E-state index contributed by atoms with van der Waals surface area (Å²) >= 11 is 5.72. The van der Waals surface area contributed by atoms with Gasteiger partial charge in [0.1, 0.15) is 0 Å². The van der Waals surface area contributed by atoms with Gasteiger partial charge in [0.2, 0.25) is 10.0 Å². The van der Waals surface area contributed by atoms with Crippen LogP contribution in [0.15, 0.2) is 29.7 Å². The van der Waals surface area contributed by atoms with Gasteiger partial charge in [-0.2, -0.15) is 4.31 Å². The molecule has 0 aromatic heterocycles. The molecule has 6 heteroatoms. The van der Waals surface area contributed by atoms with Gasteiger partial charge in [-0.25, -0.2) is 8.42 Å². The molecule has 0 bridgehead atoms. The van der Waals surface area contributed by atoms with Crippen LogP contribution in [0.25, 0.3) is 6.08 Å². The second-order valence-corrected chi connectivity index (χ2v) is 6.12. The average molecular weight is 274 g/mol. The summed E-state index contributed by atoms with van der Waals surface area (Å²) in [5.41, 5.74) is 0.763. The molecule has 0 aliphatic carbocycles. The van der Waals surface area contributed by atoms with Crippen molar-refractivity contribution in [2.24, 2.45) is 0 Å². The molecule has 17 heavy (non-hydrogen) atoms. The molecule has 0 radical (unpaired) electrons. The second-order valence-electron chi connectivity index (χ2n) is 3.87. The summed E-state index contributed by atoms with van der Waals surface area (Å²) in [6.45, 7) is 0.348. The minimum atomic E-state index is -3.40. The number of aliphatic hydroxyl groups is 1. The van der Waals surface area contributed by atoms with Crippen molar-refractivity contribution in [3.8, 4) is 0 Å². The molecular formula is C11H12ClNO3S. The Morgan fingerprint density at radius 1 is 1.29 bits per heavy atom. The number of hydrogen-bond acceptors (Lipinski definition) is 3. The lowest BCUT2D eigenvalue weighted by Crippen LogP contribution is -2.52. The summed E-state index contributed by atoms with van der Waals surface area (Å²) in [5.74, 6) is 0. The number of β-amino-alcohol motifs (C(OH)–C–C–N with tert-alkyl or cyclic N) is 1. The number of halogens is 1. The van der Waals surface area contributed by atoms with Gasteiger partial charge in [0.05, 0.1) is 6.10 Å². The Hall–Kier alpha value is -0.880. The van der Waals surface area contributed by atoms with Gasteiger partial charge in [0.15, 0.2) is 0 Å². The first-order chi connectivity index (χ1) is 7.97. The third kappa shape index (κ3) is 3.07. The maximum Gasteiger partial charge on any atom is 0.236 e. The Balaban J connectivity index is 2.07. The molecule has 4 nitrogen and oxygen atoms in total. The van der Waals surface area contributed by atoms with E-state index in [0.717, 1.165) is 11.0 Å². The minimum Gasteiger partial charge on any atom is -0.390 e. The minimum absolute atomic E-state index is 0.174. The largest absolute Gasteiger partial charge is 0.390 e. The van der Waals surface area contributed by atoms with Crippen molar-refractivity contribution in [3.05, 3.63) is 40.3 Å². The Bertz CT molecular complexity index is 518. The van der Waals surface area contributed by atoms with Crippen LogP contribution in [-0.4, -0.2) is 37.0 Å². The van der Waals surface area contributed by atoms with Gasteiger partial charge in [-0.3, -0.25) is 0 Å². The van der Waals surface area contributed by atoms with E-state index < -0.39 is 16.1 Å². The normalized spacial score (nSPS) is 18.5. The van der Waals surface area contributed by atoms with Crippen LogP contribution >= 0.6 is 11.6 Å². The van der Waals surface area contributed by atoms with Gasteiger partial charge >= 0.3 is 0 Å². The monoisotopic (exact) mass is 273 g/mol. The van der Waals surface area contributed by atoms with Crippen LogP contribution in [0.4, 0.5) is 0 Å². The lowest BCUT2D eigenvalue weighted by molar-refractivity contribution is 0.0556. The molecule has 0 unspecified atom stereocenters. The van der Waals surface area contributed by atoms with Gasteiger partial charge in [0.25, 0.3) is 0 Å². The standard InChI is InChI=1S/C11H12ClNO3S/c12-10-3-1-9(2-4-10)5-6-17(15,16)13-7-11(14)8-13/h1-6,11,14H,7-8H2. The Morgan fingerprint density at radius 3 is 2.41 bits per heavy atom. The van der Waals surface area contributed by atoms with Crippen LogP contribution in [0.5, 0.6) is 0 Å². The number of sulfonamides is 1. The third-order valence-corrected chi connectivity index (χ3v) is 4.24. The first kappa shape index (κ1) is 12.6. The predicted molar refractivity (Wildman–Crippen MR) is 67.0 cm³/mol. The molecule has 0 spiro atoms. The highest BCUT2D eigenvalue weighted by molar-refractivity contribution is 7.92. The molecule has 1 aromatic carbocycles. The van der Waals surface area contributed by atoms with Gasteiger partial charge in [-0.1, -0.05) is 23.7 Å². The van der Waals surface area contributed by atoms with Crippen molar-refractivity contribution in [1.82, 2.24) is 4.31 Å². The second kappa shape index (κ2) is 4.78. The van der Waals surface area contributed by atoms with Crippen molar-refractivity contribution in [2.75, 3.05) is 13.1 Å². The van der Waals surface area contributed by atoms with Crippen LogP contribution < -0.4 is 0 Å². The predicted octanol–water partition coefficient (Wildman–Crippen LogP) is 1.32. The summed E-state index contributed by atoms with van der Waals surface area (Å²) in [4.78, 5) is 0. The molecule has 1 aromatic rings. The summed E-state index contributed by atoms with van der Waals surface area (Å²) < 4.78 is 24.6. The van der Waals surface area contributed by atoms with Crippen molar-refractivity contribution >= 4 is 27.7 Å². The lowest BCUT2D eigenvalue weighted by atomic mass is 10.2. The highest BCUT2D eigenvalue weighted by atomic mass is 35.5. The fourth-order valence-corrected chi connectivity index (χ4v) is 2.84. The smallest absolute Gasteiger partial charge is 0.236 e. The van der Waals surface area contributed by atoms with Gasteiger partial charge in [-0.05, 0) is 23.8 Å². The number of hydrogen-bond donors (Lipinski definition) is 1. The van der Waals surface area contributed by atoms with Crippen LogP contribution in [0, 0.1) is 0 Å². The Morgan fingerprint density at radius 2 is 1.88 bits per heavy atom. The van der Waals surface area contributed by atoms with Crippen molar-refractivity contribution in [3.63, 3.8) is 0 Å². The first-order valence-corrected chi connectivity index (χ1v) is 6.97. The molecule has 1 N–H and O–H groups in total. The summed E-state index contributed by atoms with van der Waals surface area (Å²) in [6, 6.07) is 6.86. The van der Waals surface area contributed by atoms with Crippen LogP contribution in [-0.2, 0) is 10.0 Å². The van der Waals surface area contributed by atoms with Crippen molar-refractivity contribution in [1.29, 1.82) is 0 Å². The topological polar surface area (TPSA) is 57.6 Å². The van der Waals surface area contributed by atoms with E-state index in [4.69, 9.17) is 16.7 Å². The zero-order valence-corrected chi connectivity index (χ0v) is 10.5. The fraction of sp³-hybridized carbons (Fsp3) is 0.273. The molecular weight excluding hydrogens is 262 g/mol. The highest BCUT2D eigenvalue weighted by Gasteiger charge is 2.32. The Labute approximate surface area is 105 Å². The zero-order valence-electron chi connectivity index (χ0n) is 8.95. The molecule has 1 fully saturated rings. The van der Waals surface area contributed by atoms with E-state index in [0.29, 0.717) is 5.02 Å². The third-order valence-electron chi connectivity index (χ3n) is 2.49. The van der Waals surface area contributed by atoms with Crippen LogP contribution in [0.2, 0.25) is 5.02 Å². The van der Waals surface area contributed by atoms with E-state index in [1.807, 2.05) is 0 Å². The molecule has 0 atom stereocenters. The van der Waals surface area contributed by atoms with Crippen molar-refractivity contribution < 1.29 is 13.5 Å². The van der Waals surface area contributed by atoms with Gasteiger partial charge < -0.3 is 5.11 Å². The van der Waals surface area contributed by atoms with Crippen LogP contribution in [0.3, 0.4) is 0 Å². The maximum absolute atomic E-state index is 11.7. The van der Waals surface area contributed by atoms with Crippen LogP contribution in [0.1, 0.15) is 5.56 Å². The molecule has 0 saturated carbocycles. The zero-order chi connectivity index (χ0) is 12.5. The maximum atomic E-state index is 11.7. The van der Waals surface area contributed by atoms with E-state index in [1.165, 1.54) is 10.4 Å². The lowest BCUT2D eigenvalue weighted by Gasteiger charge is -2.33. The Kier molecular flexibility index (Phi) is 3.53. The molecule has 2 rings (SSSR count). The van der Waals surface area contributed by atoms with E-state index in [-0.39, 0.29) is 13.1 Å². The average Bonchev–Trinajstić information content (AvgIpc) is 2.24. The van der Waals surface area contributed by atoms with Gasteiger partial charge in [0, 0.05) is 23.5 Å². The van der Waals surface area contributed by atoms with E-state index >= 15 is 0 Å². The molecule has 0 amide bonds. The fourth-order valence-electron chi connectivity index (χ4n) is 1.45. The number of benzene rings is 1. The van der Waals surface area contributed by atoms with E-state index in [9.17, 15) is 8.42 Å². The summed E-state index contributed by atoms with van der Waals surface area (Å²) in [7, 11) is -3.40. The first-order valence-electron chi connectivity index (χ1n) is 5.09. The number of nitrogens with zero attached hydrogens (tertiary/aromatic N) is 1. The molecule has 1 heterocycles. The molecule has 1 aliphatic heterocycles. The number of aliphatic hydroxyl groups excluding tert-OH is 1. The summed E-state index contributed by atoms with van der Waals surface area (Å²) in [5, 5.41) is 10.8. The summed E-state index contributed by atoms with van der Waals surface area (Å²) in [6.07, 6.45) is 0.977. The molecule has 92 valence electrons. The highest BCUT2D eigenvalue weighted by Crippen LogP contribution is 2.16. The van der Waals surface area contributed by atoms with E-state index in [1.54, 1.807) is 24.3 Å². The molecule has 1 aliphatic rings. The number of rotatable bonds is 3. The SMILES string of the molecule is O=S(=O)(C=Cc1ccc(Cl)cc1)N1CC(O)C1.